The van der Waals surface area contributed by atoms with Crippen LogP contribution in [0.15, 0.2) is 0 Å². The minimum Gasteiger partial charge on any atom is -0.496 e. The molecule has 6 heteroatoms. The summed E-state index contributed by atoms with van der Waals surface area (Å²) in [6.07, 6.45) is 0.237. The summed E-state index contributed by atoms with van der Waals surface area (Å²) < 4.78 is 17.0. The summed E-state index contributed by atoms with van der Waals surface area (Å²) >= 11 is 0. The molecule has 0 aromatic heterocycles. The quantitative estimate of drug-likeness (QED) is 0.902. The summed E-state index contributed by atoms with van der Waals surface area (Å²) in [5.74, 6) is 2.35. The van der Waals surface area contributed by atoms with E-state index in [1.165, 1.54) is 0 Å². The molecule has 1 fully saturated rings. The number of nitrogens with zero attached hydrogens (tertiary/aromatic N) is 2. The Balaban J connectivity index is 2.28. The van der Waals surface area contributed by atoms with Crippen molar-refractivity contribution in [3.63, 3.8) is 0 Å². The van der Waals surface area contributed by atoms with Crippen LogP contribution >= 0.6 is 0 Å². The van der Waals surface area contributed by atoms with Crippen LogP contribution in [0.3, 0.4) is 0 Å². The van der Waals surface area contributed by atoms with Gasteiger partial charge in [0.1, 0.15) is 12.0 Å². The van der Waals surface area contributed by atoms with E-state index in [4.69, 9.17) is 14.2 Å². The molecular formula is C17H26N2O4. The van der Waals surface area contributed by atoms with E-state index in [9.17, 15) is 5.11 Å². The summed E-state index contributed by atoms with van der Waals surface area (Å²) in [7, 11) is 9.04. The third-order valence-electron chi connectivity index (χ3n) is 5.36. The van der Waals surface area contributed by atoms with Crippen molar-refractivity contribution in [2.45, 2.75) is 31.7 Å². The standard InChI is InChI=1S/C17H26N2O4/c1-9-14(21-4)10-7-11-17(20)18(2)8-12(19(11)3)13(10)16(23-6)15(9)22-5/h11-12,17,20H,7-8H2,1-6H3. The molecule has 0 aliphatic carbocycles. The summed E-state index contributed by atoms with van der Waals surface area (Å²) in [6.45, 7) is 2.71. The Hall–Kier alpha value is -1.50. The number of piperazine rings is 1. The van der Waals surface area contributed by atoms with Crippen molar-refractivity contribution in [2.24, 2.45) is 0 Å². The molecule has 0 saturated carbocycles. The molecule has 128 valence electrons. The Morgan fingerprint density at radius 2 is 1.61 bits per heavy atom. The summed E-state index contributed by atoms with van der Waals surface area (Å²) in [5, 5.41) is 10.5. The van der Waals surface area contributed by atoms with Gasteiger partial charge >= 0.3 is 0 Å². The molecule has 1 aromatic carbocycles. The molecule has 2 heterocycles. The molecule has 3 unspecified atom stereocenters. The van der Waals surface area contributed by atoms with Crippen LogP contribution < -0.4 is 14.2 Å². The fourth-order valence-electron chi connectivity index (χ4n) is 4.16. The minimum atomic E-state index is -0.484. The molecule has 23 heavy (non-hydrogen) atoms. The molecule has 0 amide bonds. The molecule has 1 N–H and O–H groups in total. The maximum atomic E-state index is 10.5. The number of rotatable bonds is 3. The van der Waals surface area contributed by atoms with Gasteiger partial charge in [-0.05, 0) is 27.4 Å². The van der Waals surface area contributed by atoms with Gasteiger partial charge in [-0.15, -0.1) is 0 Å². The lowest BCUT2D eigenvalue weighted by atomic mass is 9.82. The monoisotopic (exact) mass is 322 g/mol. The number of hydrogen-bond acceptors (Lipinski definition) is 6. The van der Waals surface area contributed by atoms with Crippen LogP contribution in [0.5, 0.6) is 17.2 Å². The molecule has 1 aromatic rings. The lowest BCUT2D eigenvalue weighted by molar-refractivity contribution is -0.107. The smallest absolute Gasteiger partial charge is 0.167 e. The predicted octanol–water partition coefficient (Wildman–Crippen LogP) is 1.18. The van der Waals surface area contributed by atoms with E-state index in [1.54, 1.807) is 21.3 Å². The van der Waals surface area contributed by atoms with E-state index < -0.39 is 6.23 Å². The van der Waals surface area contributed by atoms with E-state index >= 15 is 0 Å². The lowest BCUT2D eigenvalue weighted by Crippen LogP contribution is -2.61. The van der Waals surface area contributed by atoms with E-state index in [0.717, 1.165) is 46.9 Å². The van der Waals surface area contributed by atoms with Gasteiger partial charge in [0, 0.05) is 23.2 Å². The summed E-state index contributed by atoms with van der Waals surface area (Å²) in [4.78, 5) is 4.24. The Bertz CT molecular complexity index is 619. The average molecular weight is 322 g/mol. The Morgan fingerprint density at radius 3 is 2.17 bits per heavy atom. The van der Waals surface area contributed by atoms with E-state index in [-0.39, 0.29) is 12.1 Å². The molecule has 6 nitrogen and oxygen atoms in total. The maximum absolute atomic E-state index is 10.5. The van der Waals surface area contributed by atoms with Gasteiger partial charge in [-0.3, -0.25) is 9.80 Å². The van der Waals surface area contributed by atoms with Crippen LogP contribution in [0.4, 0.5) is 0 Å². The molecule has 3 rings (SSSR count). The van der Waals surface area contributed by atoms with Crippen molar-refractivity contribution in [1.82, 2.24) is 9.80 Å². The Morgan fingerprint density at radius 1 is 1.00 bits per heavy atom. The molecule has 2 aliphatic rings. The van der Waals surface area contributed by atoms with Crippen LogP contribution in [-0.4, -0.2) is 69.1 Å². The maximum Gasteiger partial charge on any atom is 0.167 e. The van der Waals surface area contributed by atoms with E-state index in [0.29, 0.717) is 0 Å². The van der Waals surface area contributed by atoms with Crippen LogP contribution in [0, 0.1) is 6.92 Å². The van der Waals surface area contributed by atoms with Crippen molar-refractivity contribution in [1.29, 1.82) is 0 Å². The van der Waals surface area contributed by atoms with Gasteiger partial charge in [0.05, 0.1) is 33.4 Å². The zero-order valence-electron chi connectivity index (χ0n) is 14.7. The minimum absolute atomic E-state index is 0.0395. The Kier molecular flexibility index (Phi) is 4.16. The van der Waals surface area contributed by atoms with Crippen molar-refractivity contribution in [2.75, 3.05) is 42.0 Å². The normalized spacial score (nSPS) is 27.5. The van der Waals surface area contributed by atoms with Gasteiger partial charge in [-0.2, -0.15) is 0 Å². The highest BCUT2D eigenvalue weighted by Crippen LogP contribution is 2.51. The van der Waals surface area contributed by atoms with Gasteiger partial charge in [0.25, 0.3) is 0 Å². The number of aliphatic hydroxyl groups is 1. The van der Waals surface area contributed by atoms with Crippen molar-refractivity contribution in [3.8, 4) is 17.2 Å². The first-order valence-electron chi connectivity index (χ1n) is 7.87. The highest BCUT2D eigenvalue weighted by Gasteiger charge is 2.46. The van der Waals surface area contributed by atoms with Crippen LogP contribution in [0.2, 0.25) is 0 Å². The van der Waals surface area contributed by atoms with Crippen molar-refractivity contribution in [3.05, 3.63) is 16.7 Å². The number of aliphatic hydroxyl groups excluding tert-OH is 1. The molecule has 1 saturated heterocycles. The fraction of sp³-hybridized carbons (Fsp3) is 0.647. The number of ether oxygens (including phenoxy) is 3. The molecule has 0 spiro atoms. The average Bonchev–Trinajstić information content (AvgIpc) is 2.53. The van der Waals surface area contributed by atoms with Crippen molar-refractivity contribution >= 4 is 0 Å². The first-order chi connectivity index (χ1) is 11.0. The SMILES string of the molecule is COc1c(C)c(OC)c(OC)c2c1CC1C(O)N(C)CC2N1C. The second kappa shape index (κ2) is 5.85. The third-order valence-corrected chi connectivity index (χ3v) is 5.36. The van der Waals surface area contributed by atoms with Gasteiger partial charge in [0.2, 0.25) is 0 Å². The number of benzene rings is 1. The molecule has 2 aliphatic heterocycles. The summed E-state index contributed by atoms with van der Waals surface area (Å²) in [6, 6.07) is 0.174. The molecule has 3 atom stereocenters. The number of methoxy groups -OCH3 is 3. The molecule has 2 bridgehead atoms. The van der Waals surface area contributed by atoms with Gasteiger partial charge in [-0.25, -0.2) is 0 Å². The highest BCUT2D eigenvalue weighted by molar-refractivity contribution is 5.65. The van der Waals surface area contributed by atoms with Gasteiger partial charge < -0.3 is 19.3 Å². The number of fused-ring (bicyclic) bond motifs is 4. The van der Waals surface area contributed by atoms with E-state index in [1.807, 2.05) is 18.9 Å². The Labute approximate surface area is 137 Å². The second-order valence-corrected chi connectivity index (χ2v) is 6.42. The topological polar surface area (TPSA) is 54.4 Å². The first kappa shape index (κ1) is 16.4. The zero-order valence-corrected chi connectivity index (χ0v) is 14.7. The van der Waals surface area contributed by atoms with Crippen molar-refractivity contribution < 1.29 is 19.3 Å². The predicted molar refractivity (Wildman–Crippen MR) is 87.5 cm³/mol. The zero-order chi connectivity index (χ0) is 16.9. The van der Waals surface area contributed by atoms with Crippen LogP contribution in [0.1, 0.15) is 22.7 Å². The molecular weight excluding hydrogens is 296 g/mol. The third kappa shape index (κ3) is 2.20. The summed E-state index contributed by atoms with van der Waals surface area (Å²) in [5.41, 5.74) is 3.18. The number of likely N-dealkylation sites (N-methyl/N-ethyl adjacent to an activating group) is 2. The lowest BCUT2D eigenvalue weighted by Gasteiger charge is -2.51. The first-order valence-corrected chi connectivity index (χ1v) is 7.87. The highest BCUT2D eigenvalue weighted by atomic mass is 16.5. The van der Waals surface area contributed by atoms with Gasteiger partial charge in [-0.1, -0.05) is 0 Å². The largest absolute Gasteiger partial charge is 0.496 e. The van der Waals surface area contributed by atoms with Crippen LogP contribution in [0.25, 0.3) is 0 Å². The fourth-order valence-corrected chi connectivity index (χ4v) is 4.16. The molecule has 0 radical (unpaired) electrons. The van der Waals surface area contributed by atoms with Crippen LogP contribution in [-0.2, 0) is 6.42 Å². The van der Waals surface area contributed by atoms with Gasteiger partial charge in [0.15, 0.2) is 11.5 Å². The number of hydrogen-bond donors (Lipinski definition) is 1. The second-order valence-electron chi connectivity index (χ2n) is 6.42. The van der Waals surface area contributed by atoms with E-state index in [2.05, 4.69) is 11.9 Å².